The van der Waals surface area contributed by atoms with Gasteiger partial charge < -0.3 is 19.6 Å². The predicted octanol–water partition coefficient (Wildman–Crippen LogP) is 18.5. The maximum absolute atomic E-state index is 2.37. The van der Waals surface area contributed by atoms with E-state index in [9.17, 15) is 0 Å². The van der Waals surface area contributed by atoms with Gasteiger partial charge in [-0.1, -0.05) is 133 Å². The summed E-state index contributed by atoms with van der Waals surface area (Å²) in [4.78, 5) is 9.38. The van der Waals surface area contributed by atoms with Gasteiger partial charge in [-0.05, 0) is 182 Å². The summed E-state index contributed by atoms with van der Waals surface area (Å²) in [7, 11) is 0. The van der Waals surface area contributed by atoms with Gasteiger partial charge in [0.15, 0.2) is 0 Å². The molecule has 0 spiro atoms. The average molecular weight is 879 g/mol. The maximum Gasteiger partial charge on any atom is 0.0490 e. The van der Waals surface area contributed by atoms with E-state index in [0.29, 0.717) is 0 Å². The van der Waals surface area contributed by atoms with E-state index in [1.807, 2.05) is 0 Å². The molecule has 0 fully saturated rings. The molecule has 0 saturated heterocycles. The second-order valence-electron chi connectivity index (χ2n) is 17.3. The molecule has 0 radical (unpaired) electrons. The zero-order chi connectivity index (χ0) is 46.4. The quantitative estimate of drug-likeness (QED) is 0.114. The highest BCUT2D eigenvalue weighted by molar-refractivity contribution is 5.86. The van der Waals surface area contributed by atoms with E-state index in [4.69, 9.17) is 0 Å². The minimum absolute atomic E-state index is 1.08. The smallest absolute Gasteiger partial charge is 0.0490 e. The van der Waals surface area contributed by atoms with E-state index in [1.165, 1.54) is 45.0 Å². The molecule has 10 aromatic rings. The summed E-state index contributed by atoms with van der Waals surface area (Å²) in [5.41, 5.74) is 20.6. The summed E-state index contributed by atoms with van der Waals surface area (Å²) in [6, 6.07) is 91.3. The van der Waals surface area contributed by atoms with Crippen LogP contribution in [0, 0.1) is 27.7 Å². The number of anilines is 12. The van der Waals surface area contributed by atoms with Gasteiger partial charge >= 0.3 is 0 Å². The molecule has 10 rings (SSSR count). The molecule has 0 aliphatic heterocycles. The number of hydrogen-bond acceptors (Lipinski definition) is 4. The van der Waals surface area contributed by atoms with Crippen LogP contribution in [0.5, 0.6) is 0 Å². The van der Waals surface area contributed by atoms with Gasteiger partial charge in [-0.3, -0.25) is 0 Å². The normalized spacial score (nSPS) is 10.9. The van der Waals surface area contributed by atoms with Gasteiger partial charge in [0.1, 0.15) is 0 Å². The average Bonchev–Trinajstić information content (AvgIpc) is 3.38. The summed E-state index contributed by atoms with van der Waals surface area (Å²) in [6.45, 7) is 8.71. The lowest BCUT2D eigenvalue weighted by Crippen LogP contribution is -2.13. The van der Waals surface area contributed by atoms with Crippen LogP contribution in [0.1, 0.15) is 22.3 Å². The van der Waals surface area contributed by atoms with Crippen molar-refractivity contribution in [1.82, 2.24) is 0 Å². The number of nitrogens with zero attached hydrogens (tertiary/aromatic N) is 4. The van der Waals surface area contributed by atoms with Crippen molar-refractivity contribution < 1.29 is 0 Å². The van der Waals surface area contributed by atoms with E-state index >= 15 is 0 Å². The molecule has 0 aliphatic carbocycles. The summed E-state index contributed by atoms with van der Waals surface area (Å²) in [5.74, 6) is 0. The van der Waals surface area contributed by atoms with Gasteiger partial charge in [-0.25, -0.2) is 0 Å². The molecule has 0 bridgehead atoms. The second kappa shape index (κ2) is 19.5. The second-order valence-corrected chi connectivity index (χ2v) is 17.3. The number of rotatable bonds is 13. The molecule has 68 heavy (non-hydrogen) atoms. The number of aryl methyl sites for hydroxylation is 4. The van der Waals surface area contributed by atoms with Crippen LogP contribution < -0.4 is 19.6 Å². The Bertz CT molecular complexity index is 2940. The van der Waals surface area contributed by atoms with E-state index in [-0.39, 0.29) is 0 Å². The lowest BCUT2D eigenvalue weighted by molar-refractivity contribution is 1.22. The molecule has 0 unspecified atom stereocenters. The highest BCUT2D eigenvalue weighted by atomic mass is 15.2. The zero-order valence-corrected chi connectivity index (χ0v) is 39.0. The minimum atomic E-state index is 1.08. The van der Waals surface area contributed by atoms with Crippen LogP contribution in [0.3, 0.4) is 0 Å². The first-order valence-corrected chi connectivity index (χ1v) is 23.3. The lowest BCUT2D eigenvalue weighted by atomic mass is 10.0. The van der Waals surface area contributed by atoms with Crippen LogP contribution in [-0.2, 0) is 0 Å². The lowest BCUT2D eigenvalue weighted by Gasteiger charge is -2.30. The van der Waals surface area contributed by atoms with Gasteiger partial charge in [0.2, 0.25) is 0 Å². The molecule has 0 atom stereocenters. The summed E-state index contributed by atoms with van der Waals surface area (Å²) in [6.07, 6.45) is 0. The standard InChI is InChI=1S/C64H54N4/c1-47-19-11-15-27-61(47)67(62-28-16-12-20-48(62)2)59-43-39-57(40-44-59)65(53-23-7-5-8-24-53)55-35-31-51(32-36-55)52-33-37-56(38-34-52)66(54-25-9-6-10-26-54)58-41-45-60(46-42-58)68(63-29-17-13-21-49(63)3)64-30-18-14-22-50(64)4/h5-46H,1-4H3. The number of benzene rings is 10. The Morgan fingerprint density at radius 2 is 0.368 bits per heavy atom. The van der Waals surface area contributed by atoms with Gasteiger partial charge in [0.25, 0.3) is 0 Å². The molecule has 4 nitrogen and oxygen atoms in total. The van der Waals surface area contributed by atoms with Gasteiger partial charge in [-0.2, -0.15) is 0 Å². The monoisotopic (exact) mass is 878 g/mol. The number of para-hydroxylation sites is 6. The molecule has 330 valence electrons. The van der Waals surface area contributed by atoms with Crippen LogP contribution in [0.15, 0.2) is 255 Å². The van der Waals surface area contributed by atoms with Crippen molar-refractivity contribution in [1.29, 1.82) is 0 Å². The van der Waals surface area contributed by atoms with E-state index in [2.05, 4.69) is 302 Å². The Morgan fingerprint density at radius 1 is 0.176 bits per heavy atom. The zero-order valence-electron chi connectivity index (χ0n) is 39.0. The summed E-state index contributed by atoms with van der Waals surface area (Å²) in [5, 5.41) is 0. The van der Waals surface area contributed by atoms with Crippen molar-refractivity contribution in [2.45, 2.75) is 27.7 Å². The van der Waals surface area contributed by atoms with Crippen molar-refractivity contribution in [3.63, 3.8) is 0 Å². The molecule has 0 aromatic heterocycles. The largest absolute Gasteiger partial charge is 0.311 e. The Kier molecular flexibility index (Phi) is 12.4. The van der Waals surface area contributed by atoms with Crippen LogP contribution in [-0.4, -0.2) is 0 Å². The third-order valence-corrected chi connectivity index (χ3v) is 12.8. The van der Waals surface area contributed by atoms with Crippen LogP contribution in [0.2, 0.25) is 0 Å². The number of hydrogen-bond donors (Lipinski definition) is 0. The van der Waals surface area contributed by atoms with E-state index in [0.717, 1.165) is 56.6 Å². The fourth-order valence-electron chi connectivity index (χ4n) is 9.23. The van der Waals surface area contributed by atoms with Gasteiger partial charge in [-0.15, -0.1) is 0 Å². The molecule has 0 saturated carbocycles. The van der Waals surface area contributed by atoms with Crippen LogP contribution >= 0.6 is 0 Å². The Balaban J connectivity index is 0.944. The molecule has 0 N–H and O–H groups in total. The Morgan fingerprint density at radius 3 is 0.618 bits per heavy atom. The third kappa shape index (κ3) is 8.88. The molecule has 0 aliphatic rings. The van der Waals surface area contributed by atoms with Crippen molar-refractivity contribution in [3.8, 4) is 11.1 Å². The SMILES string of the molecule is Cc1ccccc1N(c1ccc(N(c2ccccc2)c2ccc(-c3ccc(N(c4ccccc4)c4ccc(N(c5ccccc5C)c5ccccc5C)cc4)cc3)cc2)cc1)c1ccccc1C. The van der Waals surface area contributed by atoms with Crippen LogP contribution in [0.4, 0.5) is 68.2 Å². The summed E-state index contributed by atoms with van der Waals surface area (Å²) >= 11 is 0. The van der Waals surface area contributed by atoms with Crippen molar-refractivity contribution in [3.05, 3.63) is 277 Å². The highest BCUT2D eigenvalue weighted by Crippen LogP contribution is 2.43. The molecule has 4 heteroatoms. The fraction of sp³-hybridized carbons (Fsp3) is 0.0625. The fourth-order valence-corrected chi connectivity index (χ4v) is 9.23. The molecule has 0 heterocycles. The third-order valence-electron chi connectivity index (χ3n) is 12.8. The first kappa shape index (κ1) is 43.3. The van der Waals surface area contributed by atoms with Gasteiger partial charge in [0, 0.05) is 68.2 Å². The summed E-state index contributed by atoms with van der Waals surface area (Å²) < 4.78 is 0. The Hall–Kier alpha value is -8.60. The molecular formula is C64H54N4. The van der Waals surface area contributed by atoms with E-state index in [1.54, 1.807) is 0 Å². The van der Waals surface area contributed by atoms with Gasteiger partial charge in [0.05, 0.1) is 0 Å². The predicted molar refractivity (Wildman–Crippen MR) is 290 cm³/mol. The van der Waals surface area contributed by atoms with Crippen molar-refractivity contribution >= 4 is 68.2 Å². The molecule has 10 aromatic carbocycles. The van der Waals surface area contributed by atoms with Crippen LogP contribution in [0.25, 0.3) is 11.1 Å². The topological polar surface area (TPSA) is 13.0 Å². The Labute approximate surface area is 401 Å². The first-order chi connectivity index (χ1) is 33.4. The van der Waals surface area contributed by atoms with Crippen molar-refractivity contribution in [2.24, 2.45) is 0 Å². The maximum atomic E-state index is 2.37. The molecule has 0 amide bonds. The molecular weight excluding hydrogens is 825 g/mol. The highest BCUT2D eigenvalue weighted by Gasteiger charge is 2.20. The minimum Gasteiger partial charge on any atom is -0.311 e. The van der Waals surface area contributed by atoms with Crippen molar-refractivity contribution in [2.75, 3.05) is 19.6 Å². The van der Waals surface area contributed by atoms with E-state index < -0.39 is 0 Å². The first-order valence-electron chi connectivity index (χ1n) is 23.3.